The average molecular weight is 404 g/mol. The summed E-state index contributed by atoms with van der Waals surface area (Å²) in [6.45, 7) is 0. The lowest BCUT2D eigenvalue weighted by atomic mass is 10.1. The number of nitrogens with one attached hydrogen (secondary N) is 1. The van der Waals surface area contributed by atoms with Crippen LogP contribution in [-0.4, -0.2) is 25.1 Å². The number of rotatable bonds is 6. The molecule has 6 heteroatoms. The van der Waals surface area contributed by atoms with Gasteiger partial charge in [0.25, 0.3) is 5.91 Å². The van der Waals surface area contributed by atoms with E-state index in [4.69, 9.17) is 9.47 Å². The molecule has 1 N–H and O–H groups in total. The van der Waals surface area contributed by atoms with E-state index in [-0.39, 0.29) is 5.91 Å². The van der Waals surface area contributed by atoms with Gasteiger partial charge in [-0.15, -0.1) is 11.3 Å². The van der Waals surface area contributed by atoms with Gasteiger partial charge >= 0.3 is 0 Å². The molecular weight excluding hydrogens is 384 g/mol. The number of benzene rings is 3. The number of nitrogens with zero attached hydrogens (tertiary/aromatic N) is 1. The Morgan fingerprint density at radius 3 is 2.48 bits per heavy atom. The second kappa shape index (κ2) is 8.32. The van der Waals surface area contributed by atoms with Gasteiger partial charge in [0.05, 0.1) is 35.0 Å². The lowest BCUT2D eigenvalue weighted by molar-refractivity contribution is 0.102. The minimum absolute atomic E-state index is 0.250. The van der Waals surface area contributed by atoms with E-state index in [0.717, 1.165) is 22.5 Å². The molecule has 5 nitrogen and oxygen atoms in total. The molecule has 0 saturated carbocycles. The number of hydrogen-bond donors (Lipinski definition) is 1. The molecular formula is C23H20N2O3S. The van der Waals surface area contributed by atoms with Crippen molar-refractivity contribution in [2.75, 3.05) is 19.5 Å². The first kappa shape index (κ1) is 19.0. The van der Waals surface area contributed by atoms with E-state index in [2.05, 4.69) is 16.4 Å². The number of hydrogen-bond acceptors (Lipinski definition) is 5. The summed E-state index contributed by atoms with van der Waals surface area (Å²) in [5, 5.41) is 3.98. The van der Waals surface area contributed by atoms with Gasteiger partial charge in [-0.05, 0) is 42.0 Å². The zero-order chi connectivity index (χ0) is 20.2. The van der Waals surface area contributed by atoms with E-state index in [1.54, 1.807) is 36.6 Å². The molecule has 0 aliphatic heterocycles. The Morgan fingerprint density at radius 2 is 1.76 bits per heavy atom. The van der Waals surface area contributed by atoms with E-state index >= 15 is 0 Å². The fraction of sp³-hybridized carbons (Fsp3) is 0.130. The van der Waals surface area contributed by atoms with Crippen molar-refractivity contribution >= 4 is 33.1 Å². The summed E-state index contributed by atoms with van der Waals surface area (Å²) in [5.74, 6) is 0.686. The first-order valence-electron chi connectivity index (χ1n) is 9.13. The lowest BCUT2D eigenvalue weighted by Gasteiger charge is -2.12. The van der Waals surface area contributed by atoms with Crippen molar-refractivity contribution in [2.45, 2.75) is 6.42 Å². The number of aromatic nitrogens is 1. The number of para-hydroxylation sites is 2. The van der Waals surface area contributed by atoms with Gasteiger partial charge in [-0.1, -0.05) is 30.3 Å². The smallest absolute Gasteiger partial charge is 0.259 e. The lowest BCUT2D eigenvalue weighted by Crippen LogP contribution is -2.13. The van der Waals surface area contributed by atoms with E-state index in [1.165, 1.54) is 11.8 Å². The van der Waals surface area contributed by atoms with Crippen LogP contribution in [0.25, 0.3) is 10.2 Å². The second-order valence-corrected chi connectivity index (χ2v) is 7.56. The highest BCUT2D eigenvalue weighted by atomic mass is 32.1. The minimum atomic E-state index is -0.250. The van der Waals surface area contributed by atoms with Crippen LogP contribution in [0, 0.1) is 0 Å². The highest BCUT2D eigenvalue weighted by Gasteiger charge is 2.16. The molecule has 0 aliphatic carbocycles. The number of carbonyl (C=O) groups is 1. The normalized spacial score (nSPS) is 10.7. The maximum Gasteiger partial charge on any atom is 0.259 e. The van der Waals surface area contributed by atoms with Crippen LogP contribution in [0.15, 0.2) is 66.7 Å². The molecule has 0 fully saturated rings. The molecule has 0 saturated heterocycles. The fourth-order valence-corrected chi connectivity index (χ4v) is 4.14. The number of amides is 1. The standard InChI is InChI=1S/C23H20N2O3S/c1-27-19-8-5-6-17(22(19)28-2)23(26)24-16-12-10-15(11-13-16)14-21-25-18-7-3-4-9-20(18)29-21/h3-13H,14H2,1-2H3,(H,24,26). The molecule has 1 amide bonds. The highest BCUT2D eigenvalue weighted by Crippen LogP contribution is 2.31. The first-order chi connectivity index (χ1) is 14.2. The van der Waals surface area contributed by atoms with Gasteiger partial charge in [0.15, 0.2) is 11.5 Å². The van der Waals surface area contributed by atoms with Crippen molar-refractivity contribution in [1.29, 1.82) is 0 Å². The maximum absolute atomic E-state index is 12.7. The number of thiazole rings is 1. The third-order valence-corrected chi connectivity index (χ3v) is 5.59. The summed E-state index contributed by atoms with van der Waals surface area (Å²) in [4.78, 5) is 17.4. The maximum atomic E-state index is 12.7. The van der Waals surface area contributed by atoms with Crippen molar-refractivity contribution < 1.29 is 14.3 Å². The van der Waals surface area contributed by atoms with Crippen LogP contribution in [-0.2, 0) is 6.42 Å². The van der Waals surface area contributed by atoms with Crippen molar-refractivity contribution in [3.05, 3.63) is 82.9 Å². The summed E-state index contributed by atoms with van der Waals surface area (Å²) in [5.41, 5.74) is 3.31. The largest absolute Gasteiger partial charge is 0.493 e. The Balaban J connectivity index is 1.47. The van der Waals surface area contributed by atoms with Crippen molar-refractivity contribution in [3.63, 3.8) is 0 Å². The summed E-state index contributed by atoms with van der Waals surface area (Å²) >= 11 is 1.71. The average Bonchev–Trinajstić information content (AvgIpc) is 3.16. The Morgan fingerprint density at radius 1 is 0.966 bits per heavy atom. The zero-order valence-electron chi connectivity index (χ0n) is 16.1. The van der Waals surface area contributed by atoms with E-state index in [0.29, 0.717) is 22.7 Å². The fourth-order valence-electron chi connectivity index (χ4n) is 3.14. The zero-order valence-corrected chi connectivity index (χ0v) is 17.0. The molecule has 3 aromatic carbocycles. The number of carbonyl (C=O) groups excluding carboxylic acids is 1. The van der Waals surface area contributed by atoms with Crippen LogP contribution < -0.4 is 14.8 Å². The molecule has 1 heterocycles. The topological polar surface area (TPSA) is 60.5 Å². The number of methoxy groups -OCH3 is 2. The van der Waals surface area contributed by atoms with E-state index in [1.807, 2.05) is 42.5 Å². The third-order valence-electron chi connectivity index (χ3n) is 4.55. The molecule has 4 rings (SSSR count). The molecule has 146 valence electrons. The van der Waals surface area contributed by atoms with Crippen molar-refractivity contribution in [3.8, 4) is 11.5 Å². The number of ether oxygens (including phenoxy) is 2. The van der Waals surface area contributed by atoms with Gasteiger partial charge < -0.3 is 14.8 Å². The van der Waals surface area contributed by atoms with Crippen LogP contribution in [0.4, 0.5) is 5.69 Å². The molecule has 1 aromatic heterocycles. The predicted octanol–water partition coefficient (Wildman–Crippen LogP) is 5.16. The van der Waals surface area contributed by atoms with Crippen LogP contribution in [0.5, 0.6) is 11.5 Å². The summed E-state index contributed by atoms with van der Waals surface area (Å²) in [6, 6.07) is 21.2. The summed E-state index contributed by atoms with van der Waals surface area (Å²) in [7, 11) is 3.06. The van der Waals surface area contributed by atoms with Crippen molar-refractivity contribution in [2.24, 2.45) is 0 Å². The van der Waals surface area contributed by atoms with Gasteiger partial charge in [0, 0.05) is 12.1 Å². The number of anilines is 1. The molecule has 0 spiro atoms. The van der Waals surface area contributed by atoms with Crippen LogP contribution in [0.3, 0.4) is 0 Å². The molecule has 29 heavy (non-hydrogen) atoms. The second-order valence-electron chi connectivity index (χ2n) is 6.44. The number of fused-ring (bicyclic) bond motifs is 1. The van der Waals surface area contributed by atoms with E-state index in [9.17, 15) is 4.79 Å². The Labute approximate surface area is 172 Å². The van der Waals surface area contributed by atoms with Crippen LogP contribution >= 0.6 is 11.3 Å². The van der Waals surface area contributed by atoms with Gasteiger partial charge in [0.2, 0.25) is 0 Å². The Kier molecular flexibility index (Phi) is 5.44. The Hall–Kier alpha value is -3.38. The molecule has 0 atom stereocenters. The Bertz CT molecular complexity index is 1120. The molecule has 0 unspecified atom stereocenters. The van der Waals surface area contributed by atoms with Crippen LogP contribution in [0.1, 0.15) is 20.9 Å². The monoisotopic (exact) mass is 404 g/mol. The predicted molar refractivity (Wildman–Crippen MR) is 116 cm³/mol. The summed E-state index contributed by atoms with van der Waals surface area (Å²) in [6.07, 6.45) is 0.761. The minimum Gasteiger partial charge on any atom is -0.493 e. The summed E-state index contributed by atoms with van der Waals surface area (Å²) < 4.78 is 11.8. The van der Waals surface area contributed by atoms with Gasteiger partial charge in [-0.3, -0.25) is 4.79 Å². The van der Waals surface area contributed by atoms with Gasteiger partial charge in [-0.25, -0.2) is 4.98 Å². The molecule has 0 radical (unpaired) electrons. The van der Waals surface area contributed by atoms with Gasteiger partial charge in [-0.2, -0.15) is 0 Å². The molecule has 4 aromatic rings. The van der Waals surface area contributed by atoms with Crippen LogP contribution in [0.2, 0.25) is 0 Å². The molecule has 0 bridgehead atoms. The quantitative estimate of drug-likeness (QED) is 0.482. The third kappa shape index (κ3) is 4.07. The SMILES string of the molecule is COc1cccc(C(=O)Nc2ccc(Cc3nc4ccccc4s3)cc2)c1OC. The first-order valence-corrected chi connectivity index (χ1v) is 9.95. The molecule has 0 aliphatic rings. The van der Waals surface area contributed by atoms with Crippen molar-refractivity contribution in [1.82, 2.24) is 4.98 Å². The highest BCUT2D eigenvalue weighted by molar-refractivity contribution is 7.18. The van der Waals surface area contributed by atoms with E-state index < -0.39 is 0 Å². The van der Waals surface area contributed by atoms with Gasteiger partial charge in [0.1, 0.15) is 0 Å².